The van der Waals surface area contributed by atoms with Gasteiger partial charge in [-0.05, 0) is 82.5 Å². The van der Waals surface area contributed by atoms with Gasteiger partial charge in [-0.15, -0.1) is 0 Å². The molecule has 0 saturated heterocycles. The van der Waals surface area contributed by atoms with E-state index in [9.17, 15) is 4.79 Å². The quantitative estimate of drug-likeness (QED) is 0.178. The molecule has 0 heterocycles. The van der Waals surface area contributed by atoms with Crippen molar-refractivity contribution in [3.05, 3.63) is 123 Å². The van der Waals surface area contributed by atoms with E-state index >= 15 is 0 Å². The molecule has 0 aromatic heterocycles. The number of nitrogens with one attached hydrogen (secondary N) is 1. The molecule has 0 saturated carbocycles. The Balaban J connectivity index is 1.36. The van der Waals surface area contributed by atoms with Crippen molar-refractivity contribution in [1.82, 2.24) is 0 Å². The minimum atomic E-state index is -0.254. The number of rotatable bonds is 11. The smallest absolute Gasteiger partial charge is 0.248 e. The number of carbonyl (C=O) groups is 1. The van der Waals surface area contributed by atoms with Gasteiger partial charge in [-0.25, -0.2) is 0 Å². The van der Waals surface area contributed by atoms with Crippen LogP contribution >= 0.6 is 27.5 Å². The summed E-state index contributed by atoms with van der Waals surface area (Å²) in [7, 11) is 0. The fourth-order valence-corrected chi connectivity index (χ4v) is 4.35. The van der Waals surface area contributed by atoms with Crippen LogP contribution in [0, 0.1) is 0 Å². The summed E-state index contributed by atoms with van der Waals surface area (Å²) in [6, 6.07) is 28.5. The van der Waals surface area contributed by atoms with Gasteiger partial charge in [0.05, 0.1) is 11.1 Å². The first kappa shape index (κ1) is 27.3. The van der Waals surface area contributed by atoms with Crippen molar-refractivity contribution in [1.29, 1.82) is 0 Å². The lowest BCUT2D eigenvalue weighted by atomic mass is 10.1. The van der Waals surface area contributed by atoms with Crippen molar-refractivity contribution in [2.24, 2.45) is 0 Å². The molecular formula is C31H27BrClNO4. The van der Waals surface area contributed by atoms with Crippen molar-refractivity contribution in [3.63, 3.8) is 0 Å². The Bertz CT molecular complexity index is 1390. The minimum Gasteiger partial charge on any atom is -0.490 e. The lowest BCUT2D eigenvalue weighted by Gasteiger charge is -2.15. The molecule has 1 amide bonds. The standard InChI is InChI=1S/C31H27BrClNO4/c1-2-36-29-19-23(18-27(32)31(29)38-21-24-10-6-7-11-28(24)33)12-17-30(35)34-25-13-15-26(16-14-25)37-20-22-8-4-3-5-9-22/h3-19H,2,20-21H2,1H3,(H,34,35)/b17-12+. The Labute approximate surface area is 236 Å². The van der Waals surface area contributed by atoms with Gasteiger partial charge in [-0.2, -0.15) is 0 Å². The molecule has 0 fully saturated rings. The highest BCUT2D eigenvalue weighted by molar-refractivity contribution is 9.10. The molecule has 38 heavy (non-hydrogen) atoms. The van der Waals surface area contributed by atoms with Gasteiger partial charge in [0, 0.05) is 22.3 Å². The molecule has 0 aliphatic rings. The summed E-state index contributed by atoms with van der Waals surface area (Å²) >= 11 is 9.82. The predicted molar refractivity (Wildman–Crippen MR) is 156 cm³/mol. The number of carbonyl (C=O) groups excluding carboxylic acids is 1. The van der Waals surface area contributed by atoms with Gasteiger partial charge in [-0.1, -0.05) is 60.1 Å². The van der Waals surface area contributed by atoms with Gasteiger partial charge in [-0.3, -0.25) is 4.79 Å². The zero-order valence-electron chi connectivity index (χ0n) is 20.8. The van der Waals surface area contributed by atoms with Crippen LogP contribution in [-0.4, -0.2) is 12.5 Å². The minimum absolute atomic E-state index is 0.254. The summed E-state index contributed by atoms with van der Waals surface area (Å²) in [5.74, 6) is 1.62. The fraction of sp³-hybridized carbons (Fsp3) is 0.129. The number of hydrogen-bond donors (Lipinski definition) is 1. The number of hydrogen-bond acceptors (Lipinski definition) is 4. The van der Waals surface area contributed by atoms with Crippen LogP contribution in [0.5, 0.6) is 17.2 Å². The van der Waals surface area contributed by atoms with Crippen LogP contribution in [0.1, 0.15) is 23.6 Å². The first-order chi connectivity index (χ1) is 18.5. The van der Waals surface area contributed by atoms with Gasteiger partial charge in [0.1, 0.15) is 19.0 Å². The molecule has 0 unspecified atom stereocenters. The van der Waals surface area contributed by atoms with Gasteiger partial charge in [0.2, 0.25) is 5.91 Å². The summed E-state index contributed by atoms with van der Waals surface area (Å²) < 4.78 is 18.3. The monoisotopic (exact) mass is 591 g/mol. The van der Waals surface area contributed by atoms with Crippen LogP contribution in [0.4, 0.5) is 5.69 Å². The summed E-state index contributed by atoms with van der Waals surface area (Å²) in [6.45, 7) is 3.15. The van der Waals surface area contributed by atoms with E-state index in [0.717, 1.165) is 22.4 Å². The van der Waals surface area contributed by atoms with E-state index in [0.29, 0.717) is 46.5 Å². The van der Waals surface area contributed by atoms with Crippen molar-refractivity contribution in [2.45, 2.75) is 20.1 Å². The normalized spacial score (nSPS) is 10.8. The average molecular weight is 593 g/mol. The SMILES string of the molecule is CCOc1cc(/C=C/C(=O)Nc2ccc(OCc3ccccc3)cc2)cc(Br)c1OCc1ccccc1Cl. The van der Waals surface area contributed by atoms with E-state index in [2.05, 4.69) is 21.2 Å². The highest BCUT2D eigenvalue weighted by Crippen LogP contribution is 2.38. The number of amides is 1. The van der Waals surface area contributed by atoms with Crippen LogP contribution in [0.2, 0.25) is 5.02 Å². The molecule has 194 valence electrons. The van der Waals surface area contributed by atoms with Crippen LogP contribution < -0.4 is 19.5 Å². The Morgan fingerprint density at radius 3 is 2.37 bits per heavy atom. The molecule has 4 aromatic rings. The maximum atomic E-state index is 12.5. The van der Waals surface area contributed by atoms with Gasteiger partial charge < -0.3 is 19.5 Å². The third kappa shape index (κ3) is 7.88. The molecule has 5 nitrogen and oxygen atoms in total. The van der Waals surface area contributed by atoms with Crippen LogP contribution in [0.15, 0.2) is 102 Å². The average Bonchev–Trinajstić information content (AvgIpc) is 2.93. The second-order valence-electron chi connectivity index (χ2n) is 8.26. The highest BCUT2D eigenvalue weighted by Gasteiger charge is 2.13. The Hall–Kier alpha value is -3.74. The first-order valence-corrected chi connectivity index (χ1v) is 13.3. The molecule has 1 N–H and O–H groups in total. The molecule has 0 aliphatic carbocycles. The first-order valence-electron chi connectivity index (χ1n) is 12.1. The number of benzene rings is 4. The van der Waals surface area contributed by atoms with E-state index in [1.165, 1.54) is 6.08 Å². The van der Waals surface area contributed by atoms with Crippen molar-refractivity contribution in [2.75, 3.05) is 11.9 Å². The van der Waals surface area contributed by atoms with E-state index in [-0.39, 0.29) is 5.91 Å². The molecule has 0 spiro atoms. The Kier molecular flexibility index (Phi) is 9.84. The second-order valence-corrected chi connectivity index (χ2v) is 9.53. The number of anilines is 1. The zero-order valence-corrected chi connectivity index (χ0v) is 23.2. The van der Waals surface area contributed by atoms with E-state index in [1.807, 2.05) is 85.8 Å². The Morgan fingerprint density at radius 1 is 0.895 bits per heavy atom. The molecular weight excluding hydrogens is 566 g/mol. The van der Waals surface area contributed by atoms with E-state index in [4.69, 9.17) is 25.8 Å². The highest BCUT2D eigenvalue weighted by atomic mass is 79.9. The molecule has 4 aromatic carbocycles. The van der Waals surface area contributed by atoms with Crippen LogP contribution in [-0.2, 0) is 18.0 Å². The summed E-state index contributed by atoms with van der Waals surface area (Å²) in [5, 5.41) is 3.50. The third-order valence-corrected chi connectivity index (χ3v) is 6.42. The molecule has 0 atom stereocenters. The predicted octanol–water partition coefficient (Wildman–Crippen LogP) is 8.31. The van der Waals surface area contributed by atoms with Crippen LogP contribution in [0.3, 0.4) is 0 Å². The lowest BCUT2D eigenvalue weighted by molar-refractivity contribution is -0.111. The lowest BCUT2D eigenvalue weighted by Crippen LogP contribution is -2.07. The second kappa shape index (κ2) is 13.7. The fourth-order valence-electron chi connectivity index (χ4n) is 3.58. The number of ether oxygens (including phenoxy) is 3. The largest absolute Gasteiger partial charge is 0.490 e. The molecule has 7 heteroatoms. The molecule has 0 aliphatic heterocycles. The van der Waals surface area contributed by atoms with Gasteiger partial charge in [0.15, 0.2) is 11.5 Å². The van der Waals surface area contributed by atoms with Crippen molar-refractivity contribution >= 4 is 45.2 Å². The topological polar surface area (TPSA) is 56.8 Å². The molecule has 4 rings (SSSR count). The third-order valence-electron chi connectivity index (χ3n) is 5.46. The van der Waals surface area contributed by atoms with Crippen molar-refractivity contribution < 1.29 is 19.0 Å². The molecule has 0 radical (unpaired) electrons. The van der Waals surface area contributed by atoms with Gasteiger partial charge >= 0.3 is 0 Å². The maximum absolute atomic E-state index is 12.5. The van der Waals surface area contributed by atoms with E-state index < -0.39 is 0 Å². The van der Waals surface area contributed by atoms with E-state index in [1.54, 1.807) is 18.2 Å². The summed E-state index contributed by atoms with van der Waals surface area (Å²) in [5.41, 5.74) is 3.42. The number of halogens is 2. The van der Waals surface area contributed by atoms with Gasteiger partial charge in [0.25, 0.3) is 0 Å². The maximum Gasteiger partial charge on any atom is 0.248 e. The Morgan fingerprint density at radius 2 is 1.63 bits per heavy atom. The molecule has 0 bridgehead atoms. The van der Waals surface area contributed by atoms with Crippen molar-refractivity contribution in [3.8, 4) is 17.2 Å². The van der Waals surface area contributed by atoms with Crippen LogP contribution in [0.25, 0.3) is 6.08 Å². The summed E-state index contributed by atoms with van der Waals surface area (Å²) in [4.78, 5) is 12.5. The summed E-state index contributed by atoms with van der Waals surface area (Å²) in [6.07, 6.45) is 3.19. The zero-order chi connectivity index (χ0) is 26.7.